The third-order valence-electron chi connectivity index (χ3n) is 2.77. The zero-order valence-electron chi connectivity index (χ0n) is 9.72. The second-order valence-corrected chi connectivity index (χ2v) is 6.39. The quantitative estimate of drug-likeness (QED) is 0.868. The van der Waals surface area contributed by atoms with Gasteiger partial charge in [-0.1, -0.05) is 0 Å². The van der Waals surface area contributed by atoms with Gasteiger partial charge < -0.3 is 4.90 Å². The number of hydrogen-bond acceptors (Lipinski definition) is 4. The minimum Gasteiger partial charge on any atom is -0.322 e. The molecule has 0 bridgehead atoms. The predicted molar refractivity (Wildman–Crippen MR) is 70.3 cm³/mol. The van der Waals surface area contributed by atoms with Gasteiger partial charge in [0.2, 0.25) is 5.91 Å². The molecule has 2 rings (SSSR count). The summed E-state index contributed by atoms with van der Waals surface area (Å²) in [4.78, 5) is 13.6. The fourth-order valence-electron chi connectivity index (χ4n) is 1.96. The molecule has 1 aliphatic rings. The highest BCUT2D eigenvalue weighted by atomic mass is 32.2. The molecule has 17 heavy (non-hydrogen) atoms. The summed E-state index contributed by atoms with van der Waals surface area (Å²) in [6.45, 7) is 1.07. The lowest BCUT2D eigenvalue weighted by Gasteiger charge is -2.23. The summed E-state index contributed by atoms with van der Waals surface area (Å²) < 4.78 is 11.0. The van der Waals surface area contributed by atoms with Crippen molar-refractivity contribution in [1.29, 1.82) is 0 Å². The molecule has 1 amide bonds. The Balaban J connectivity index is 1.97. The molecule has 4 nitrogen and oxygen atoms in total. The van der Waals surface area contributed by atoms with Gasteiger partial charge in [0.05, 0.1) is 6.54 Å². The van der Waals surface area contributed by atoms with Gasteiger partial charge in [0.15, 0.2) is 0 Å². The molecule has 2 unspecified atom stereocenters. The molecule has 0 spiro atoms. The Bertz CT molecular complexity index is 406. The molecule has 0 radical (unpaired) electrons. The van der Waals surface area contributed by atoms with Gasteiger partial charge in [-0.2, -0.15) is 11.3 Å². The molecule has 1 saturated heterocycles. The molecule has 2 heterocycles. The number of nitrogens with one attached hydrogen (secondary N) is 1. The van der Waals surface area contributed by atoms with Gasteiger partial charge in [-0.15, -0.1) is 0 Å². The van der Waals surface area contributed by atoms with Crippen molar-refractivity contribution in [3.63, 3.8) is 0 Å². The summed E-state index contributed by atoms with van der Waals surface area (Å²) in [5.74, 6) is 0.781. The minimum absolute atomic E-state index is 0.000888. The Morgan fingerprint density at radius 2 is 2.47 bits per heavy atom. The molecular formula is C11H16N2O2S2. The first-order valence-electron chi connectivity index (χ1n) is 5.53. The van der Waals surface area contributed by atoms with Gasteiger partial charge in [0.1, 0.15) is 6.17 Å². The van der Waals surface area contributed by atoms with E-state index in [1.54, 1.807) is 17.6 Å². The topological polar surface area (TPSA) is 49.4 Å². The molecule has 1 aliphatic heterocycles. The highest BCUT2D eigenvalue weighted by Gasteiger charge is 2.31. The number of thiophene rings is 1. The zero-order valence-corrected chi connectivity index (χ0v) is 11.4. The predicted octanol–water partition coefficient (Wildman–Crippen LogP) is 0.947. The molecule has 2 atom stereocenters. The highest BCUT2D eigenvalue weighted by Crippen LogP contribution is 2.24. The van der Waals surface area contributed by atoms with Crippen LogP contribution < -0.4 is 5.32 Å². The Morgan fingerprint density at radius 1 is 1.65 bits per heavy atom. The summed E-state index contributed by atoms with van der Waals surface area (Å²) in [5, 5.41) is 7.27. The molecule has 1 N–H and O–H groups in total. The van der Waals surface area contributed by atoms with Crippen molar-refractivity contribution in [2.24, 2.45) is 0 Å². The lowest BCUT2D eigenvalue weighted by atomic mass is 10.2. The molecule has 6 heteroatoms. The van der Waals surface area contributed by atoms with Crippen molar-refractivity contribution in [3.8, 4) is 0 Å². The lowest BCUT2D eigenvalue weighted by molar-refractivity contribution is -0.128. The molecular weight excluding hydrogens is 256 g/mol. The lowest BCUT2D eigenvalue weighted by Crippen LogP contribution is -2.31. The van der Waals surface area contributed by atoms with Crippen LogP contribution in [-0.2, 0) is 15.6 Å². The number of rotatable bonds is 5. The van der Waals surface area contributed by atoms with Gasteiger partial charge in [0, 0.05) is 29.4 Å². The van der Waals surface area contributed by atoms with Gasteiger partial charge in [-0.3, -0.25) is 14.3 Å². The van der Waals surface area contributed by atoms with Crippen molar-refractivity contribution >= 4 is 28.0 Å². The Hall–Kier alpha value is -0.720. The van der Waals surface area contributed by atoms with Crippen LogP contribution in [0.5, 0.6) is 0 Å². The third-order valence-corrected chi connectivity index (χ3v) is 4.33. The smallest absolute Gasteiger partial charge is 0.238 e. The van der Waals surface area contributed by atoms with Gasteiger partial charge in [-0.05, 0) is 28.8 Å². The van der Waals surface area contributed by atoms with E-state index in [-0.39, 0.29) is 12.1 Å². The second kappa shape index (κ2) is 5.75. The van der Waals surface area contributed by atoms with Crippen molar-refractivity contribution < 1.29 is 9.00 Å². The van der Waals surface area contributed by atoms with Crippen molar-refractivity contribution in [3.05, 3.63) is 22.4 Å². The second-order valence-electron chi connectivity index (χ2n) is 4.06. The standard InChI is InChI=1S/C11H16N2O2S2/c1-17(15)6-2-4-13-10(14)7-12-11(13)9-3-5-16-8-9/h3,5,8,11-12H,2,4,6-7H2,1H3. The normalized spacial score (nSPS) is 22.1. The maximum atomic E-state index is 11.7. The number of nitrogens with zero attached hydrogens (tertiary/aromatic N) is 1. The zero-order chi connectivity index (χ0) is 12.3. The fraction of sp³-hybridized carbons (Fsp3) is 0.545. The maximum absolute atomic E-state index is 11.7. The van der Waals surface area contributed by atoms with E-state index in [1.165, 1.54) is 0 Å². The van der Waals surface area contributed by atoms with Crippen LogP contribution >= 0.6 is 11.3 Å². The SMILES string of the molecule is CS(=O)CCCN1C(=O)CNC1c1ccsc1. The van der Waals surface area contributed by atoms with Crippen LogP contribution in [0.25, 0.3) is 0 Å². The van der Waals surface area contributed by atoms with E-state index in [9.17, 15) is 9.00 Å². The van der Waals surface area contributed by atoms with Crippen molar-refractivity contribution in [1.82, 2.24) is 10.2 Å². The molecule has 1 aromatic rings. The molecule has 1 fully saturated rings. The van der Waals surface area contributed by atoms with Crippen molar-refractivity contribution in [2.45, 2.75) is 12.6 Å². The third kappa shape index (κ3) is 3.14. The highest BCUT2D eigenvalue weighted by molar-refractivity contribution is 7.84. The molecule has 1 aromatic heterocycles. The Kier molecular flexibility index (Phi) is 4.31. The Labute approximate surface area is 107 Å². The average molecular weight is 272 g/mol. The van der Waals surface area contributed by atoms with Crippen LogP contribution in [0.4, 0.5) is 0 Å². The van der Waals surface area contributed by atoms with E-state index in [4.69, 9.17) is 0 Å². The van der Waals surface area contributed by atoms with Crippen LogP contribution in [0.1, 0.15) is 18.2 Å². The van der Waals surface area contributed by atoms with E-state index >= 15 is 0 Å². The van der Waals surface area contributed by atoms with E-state index < -0.39 is 10.8 Å². The van der Waals surface area contributed by atoms with Crippen LogP contribution in [0, 0.1) is 0 Å². The number of amides is 1. The summed E-state index contributed by atoms with van der Waals surface area (Å²) in [7, 11) is -0.781. The van der Waals surface area contributed by atoms with E-state index in [0.717, 1.165) is 12.0 Å². The van der Waals surface area contributed by atoms with Gasteiger partial charge >= 0.3 is 0 Å². The summed E-state index contributed by atoms with van der Waals surface area (Å²) in [5.41, 5.74) is 1.14. The van der Waals surface area contributed by atoms with Crippen LogP contribution in [0.2, 0.25) is 0 Å². The van der Waals surface area contributed by atoms with Crippen molar-refractivity contribution in [2.75, 3.05) is 25.1 Å². The first-order chi connectivity index (χ1) is 8.18. The number of hydrogen-bond donors (Lipinski definition) is 1. The first-order valence-corrected chi connectivity index (χ1v) is 8.20. The molecule has 0 saturated carbocycles. The fourth-order valence-corrected chi connectivity index (χ4v) is 3.17. The summed E-state index contributed by atoms with van der Waals surface area (Å²) in [6.07, 6.45) is 2.48. The maximum Gasteiger partial charge on any atom is 0.238 e. The number of carbonyl (C=O) groups is 1. The van der Waals surface area contributed by atoms with Gasteiger partial charge in [0.25, 0.3) is 0 Å². The Morgan fingerprint density at radius 3 is 3.12 bits per heavy atom. The summed E-state index contributed by atoms with van der Waals surface area (Å²) >= 11 is 1.63. The first kappa shape index (κ1) is 12.7. The van der Waals surface area contributed by atoms with Crippen LogP contribution in [-0.4, -0.2) is 40.1 Å². The largest absolute Gasteiger partial charge is 0.322 e. The van der Waals surface area contributed by atoms with Gasteiger partial charge in [-0.25, -0.2) is 0 Å². The van der Waals surface area contributed by atoms with E-state index in [0.29, 0.717) is 18.8 Å². The van der Waals surface area contributed by atoms with E-state index in [1.807, 2.05) is 16.3 Å². The summed E-state index contributed by atoms with van der Waals surface area (Å²) in [6, 6.07) is 2.03. The number of carbonyl (C=O) groups excluding carboxylic acids is 1. The van der Waals surface area contributed by atoms with Crippen LogP contribution in [0.3, 0.4) is 0 Å². The van der Waals surface area contributed by atoms with E-state index in [2.05, 4.69) is 10.7 Å². The molecule has 0 aromatic carbocycles. The molecule has 94 valence electrons. The molecule has 0 aliphatic carbocycles. The average Bonchev–Trinajstić information content (AvgIpc) is 2.88. The minimum atomic E-state index is -0.781. The monoisotopic (exact) mass is 272 g/mol. The van der Waals surface area contributed by atoms with Crippen LogP contribution in [0.15, 0.2) is 16.8 Å².